The van der Waals surface area contributed by atoms with Gasteiger partial charge in [0.25, 0.3) is 5.92 Å². The fourth-order valence-electron chi connectivity index (χ4n) is 5.08. The Hall–Kier alpha value is -2.26. The number of hydrogen-bond donors (Lipinski definition) is 1. The van der Waals surface area contributed by atoms with E-state index >= 15 is 8.78 Å². The molecule has 0 saturated carbocycles. The Morgan fingerprint density at radius 1 is 1.12 bits per heavy atom. The molecule has 2 heterocycles. The summed E-state index contributed by atoms with van der Waals surface area (Å²) in [7, 11) is -3.69. The summed E-state index contributed by atoms with van der Waals surface area (Å²) in [6.07, 6.45) is 1.35. The molecule has 2 aromatic rings. The molecule has 1 saturated heterocycles. The van der Waals surface area contributed by atoms with E-state index in [2.05, 4.69) is 0 Å². The average molecular weight is 481 g/mol. The number of aliphatic carboxylic acids is 1. The number of aromatic nitrogens is 1. The average Bonchev–Trinajstić information content (AvgIpc) is 3.33. The van der Waals surface area contributed by atoms with Crippen LogP contribution in [0.25, 0.3) is 0 Å². The van der Waals surface area contributed by atoms with Crippen LogP contribution in [0.15, 0.2) is 29.2 Å². The van der Waals surface area contributed by atoms with Crippen LogP contribution in [0.4, 0.5) is 8.78 Å². The summed E-state index contributed by atoms with van der Waals surface area (Å²) >= 11 is 0. The Bertz CT molecular complexity index is 1200. The Balaban J connectivity index is 1.83. The van der Waals surface area contributed by atoms with Gasteiger partial charge in [-0.15, -0.1) is 0 Å². The summed E-state index contributed by atoms with van der Waals surface area (Å²) in [6.45, 7) is 5.37. The second-order valence-electron chi connectivity index (χ2n) is 9.81. The molecule has 0 spiro atoms. The molecule has 6 nitrogen and oxygen atoms in total. The van der Waals surface area contributed by atoms with Gasteiger partial charge in [0.05, 0.1) is 4.90 Å². The number of fused-ring (bicyclic) bond motifs is 1. The van der Waals surface area contributed by atoms with Crippen LogP contribution in [-0.4, -0.2) is 47.4 Å². The lowest BCUT2D eigenvalue weighted by atomic mass is 9.72. The van der Waals surface area contributed by atoms with E-state index in [4.69, 9.17) is 0 Å². The number of halogens is 2. The number of carboxylic acids is 1. The zero-order valence-electron chi connectivity index (χ0n) is 19.2. The lowest BCUT2D eigenvalue weighted by Gasteiger charge is -2.39. The van der Waals surface area contributed by atoms with E-state index in [1.54, 1.807) is 35.8 Å². The minimum Gasteiger partial charge on any atom is -0.480 e. The van der Waals surface area contributed by atoms with Crippen molar-refractivity contribution in [2.75, 3.05) is 13.1 Å². The zero-order chi connectivity index (χ0) is 24.2. The first kappa shape index (κ1) is 23.9. The van der Waals surface area contributed by atoms with Gasteiger partial charge in [-0.1, -0.05) is 32.0 Å². The maximum Gasteiger partial charge on any atom is 0.323 e. The third-order valence-corrected chi connectivity index (χ3v) is 9.19. The van der Waals surface area contributed by atoms with E-state index in [-0.39, 0.29) is 24.3 Å². The van der Waals surface area contributed by atoms with Gasteiger partial charge >= 0.3 is 5.97 Å². The Morgan fingerprint density at radius 3 is 2.39 bits per heavy atom. The van der Waals surface area contributed by atoms with Gasteiger partial charge in [-0.05, 0) is 48.9 Å². The van der Waals surface area contributed by atoms with Crippen molar-refractivity contribution in [2.24, 2.45) is 5.41 Å². The number of benzene rings is 1. The number of sulfonamides is 1. The number of carboxylic acid groups (broad SMARTS) is 1. The molecular formula is C24H30F2N2O4S. The van der Waals surface area contributed by atoms with Gasteiger partial charge < -0.3 is 9.67 Å². The maximum absolute atomic E-state index is 15.0. The third-order valence-electron chi connectivity index (χ3n) is 7.19. The Labute approximate surface area is 193 Å². The molecule has 1 fully saturated rings. The second kappa shape index (κ2) is 8.20. The molecule has 9 heteroatoms. The first-order chi connectivity index (χ1) is 15.3. The van der Waals surface area contributed by atoms with Gasteiger partial charge in [0.2, 0.25) is 10.0 Å². The molecule has 2 aliphatic rings. The Morgan fingerprint density at radius 2 is 1.76 bits per heavy atom. The molecule has 0 atom stereocenters. The van der Waals surface area contributed by atoms with Crippen molar-refractivity contribution in [3.63, 3.8) is 0 Å². The second-order valence-corrected chi connectivity index (χ2v) is 11.7. The van der Waals surface area contributed by atoms with Crippen molar-refractivity contribution >= 4 is 16.0 Å². The van der Waals surface area contributed by atoms with Gasteiger partial charge in [0.1, 0.15) is 6.54 Å². The summed E-state index contributed by atoms with van der Waals surface area (Å²) in [4.78, 5) is 11.7. The van der Waals surface area contributed by atoms with Crippen LogP contribution in [0.3, 0.4) is 0 Å². The summed E-state index contributed by atoms with van der Waals surface area (Å²) < 4.78 is 59.7. The van der Waals surface area contributed by atoms with Crippen LogP contribution in [0.2, 0.25) is 0 Å². The molecule has 0 radical (unpaired) electrons. The SMILES string of the molecule is Cc1c(Cc2ccccc2S(=O)(=O)N2CCCC2)c2c(n1CC(=O)O)CC(C)(C)C(F)(F)C2. The van der Waals surface area contributed by atoms with Gasteiger partial charge in [0, 0.05) is 42.7 Å². The summed E-state index contributed by atoms with van der Waals surface area (Å²) in [5.74, 6) is -4.01. The van der Waals surface area contributed by atoms with Crippen LogP contribution in [0, 0.1) is 12.3 Å². The van der Waals surface area contributed by atoms with Crippen molar-refractivity contribution in [3.05, 3.63) is 52.3 Å². The number of nitrogens with zero attached hydrogens (tertiary/aromatic N) is 2. The summed E-state index contributed by atoms with van der Waals surface area (Å²) in [5, 5.41) is 9.44. The molecule has 4 rings (SSSR count). The molecule has 180 valence electrons. The third kappa shape index (κ3) is 4.10. The highest BCUT2D eigenvalue weighted by molar-refractivity contribution is 7.89. The molecule has 1 aliphatic carbocycles. The fourth-order valence-corrected chi connectivity index (χ4v) is 6.82. The van der Waals surface area contributed by atoms with Crippen molar-refractivity contribution in [2.45, 2.75) is 70.2 Å². The summed E-state index contributed by atoms with van der Waals surface area (Å²) in [5.41, 5.74) is 1.49. The molecule has 1 aromatic heterocycles. The van der Waals surface area contributed by atoms with Crippen LogP contribution in [0.5, 0.6) is 0 Å². The Kier molecular flexibility index (Phi) is 5.93. The smallest absolute Gasteiger partial charge is 0.323 e. The highest BCUT2D eigenvalue weighted by atomic mass is 32.2. The van der Waals surface area contributed by atoms with Crippen LogP contribution < -0.4 is 0 Å². The van der Waals surface area contributed by atoms with E-state index in [0.717, 1.165) is 12.8 Å². The predicted octanol–water partition coefficient (Wildman–Crippen LogP) is 4.02. The number of alkyl halides is 2. The lowest BCUT2D eigenvalue weighted by Crippen LogP contribution is -2.44. The highest BCUT2D eigenvalue weighted by Crippen LogP contribution is 2.48. The normalized spacial score (nSPS) is 20.0. The van der Waals surface area contributed by atoms with Crippen LogP contribution in [-0.2, 0) is 40.6 Å². The van der Waals surface area contributed by atoms with Crippen molar-refractivity contribution < 1.29 is 27.1 Å². The van der Waals surface area contributed by atoms with Gasteiger partial charge in [0.15, 0.2) is 0 Å². The number of carbonyl (C=O) groups is 1. The van der Waals surface area contributed by atoms with E-state index in [9.17, 15) is 18.3 Å². The topological polar surface area (TPSA) is 79.6 Å². The van der Waals surface area contributed by atoms with E-state index in [1.807, 2.05) is 0 Å². The quantitative estimate of drug-likeness (QED) is 0.678. The van der Waals surface area contributed by atoms with E-state index < -0.39 is 33.8 Å². The molecule has 33 heavy (non-hydrogen) atoms. The van der Waals surface area contributed by atoms with Crippen molar-refractivity contribution in [3.8, 4) is 0 Å². The minimum absolute atomic E-state index is 0.0528. The molecule has 1 N–H and O–H groups in total. The summed E-state index contributed by atoms with van der Waals surface area (Å²) in [6, 6.07) is 6.69. The monoisotopic (exact) mass is 480 g/mol. The lowest BCUT2D eigenvalue weighted by molar-refractivity contribution is -0.137. The van der Waals surface area contributed by atoms with Crippen molar-refractivity contribution in [1.82, 2.24) is 8.87 Å². The van der Waals surface area contributed by atoms with Crippen LogP contribution >= 0.6 is 0 Å². The van der Waals surface area contributed by atoms with E-state index in [1.165, 1.54) is 18.2 Å². The molecular weight excluding hydrogens is 450 g/mol. The first-order valence-electron chi connectivity index (χ1n) is 11.2. The fraction of sp³-hybridized carbons (Fsp3) is 0.542. The largest absolute Gasteiger partial charge is 0.480 e. The van der Waals surface area contributed by atoms with Crippen LogP contribution in [0.1, 0.15) is 54.8 Å². The predicted molar refractivity (Wildman–Crippen MR) is 120 cm³/mol. The molecule has 1 aliphatic heterocycles. The highest BCUT2D eigenvalue weighted by Gasteiger charge is 2.52. The first-order valence-corrected chi connectivity index (χ1v) is 12.7. The maximum atomic E-state index is 15.0. The number of rotatable bonds is 6. The molecule has 1 aromatic carbocycles. The zero-order valence-corrected chi connectivity index (χ0v) is 20.0. The van der Waals surface area contributed by atoms with Gasteiger partial charge in [-0.3, -0.25) is 4.79 Å². The molecule has 0 amide bonds. The minimum atomic E-state index is -3.69. The van der Waals surface area contributed by atoms with Crippen molar-refractivity contribution in [1.29, 1.82) is 0 Å². The standard InChI is InChI=1S/C24H30F2N2O4S/c1-16-18(12-17-8-4-5-9-21(17)33(31,32)27-10-6-7-11-27)19-13-24(25,26)23(2,3)14-20(19)28(16)15-22(29)30/h4-5,8-9H,6-7,10-15H2,1-3H3,(H,29,30). The van der Waals surface area contributed by atoms with E-state index in [0.29, 0.717) is 41.2 Å². The van der Waals surface area contributed by atoms with Gasteiger partial charge in [-0.2, -0.15) is 4.31 Å². The molecule has 0 bridgehead atoms. The van der Waals surface area contributed by atoms with Gasteiger partial charge in [-0.25, -0.2) is 17.2 Å². The number of hydrogen-bond acceptors (Lipinski definition) is 3. The molecule has 0 unspecified atom stereocenters.